The van der Waals surface area contributed by atoms with E-state index in [1.807, 2.05) is 30.3 Å². The number of carbonyl (C=O) groups is 1. The molecule has 0 spiro atoms. The summed E-state index contributed by atoms with van der Waals surface area (Å²) in [6, 6.07) is 10.1. The minimum atomic E-state index is -0.249. The maximum Gasteiger partial charge on any atom is 0.410 e. The van der Waals surface area contributed by atoms with Crippen LogP contribution >= 0.6 is 0 Å². The Hall–Kier alpha value is -1.59. The van der Waals surface area contributed by atoms with Crippen LogP contribution in [-0.2, 0) is 16.1 Å². The summed E-state index contributed by atoms with van der Waals surface area (Å²) in [4.78, 5) is 13.8. The van der Waals surface area contributed by atoms with Crippen LogP contribution in [0.5, 0.6) is 0 Å². The van der Waals surface area contributed by atoms with E-state index >= 15 is 0 Å². The summed E-state index contributed by atoms with van der Waals surface area (Å²) in [7, 11) is 0. The van der Waals surface area contributed by atoms with Crippen LogP contribution in [0.2, 0.25) is 0 Å². The molecule has 0 aromatic heterocycles. The highest BCUT2D eigenvalue weighted by atomic mass is 16.6. The number of morpholine rings is 1. The SMILES string of the molecule is O=C(OCc1ccccc1)N1CCC2NCCO[C@@H]2C1. The van der Waals surface area contributed by atoms with Crippen molar-refractivity contribution >= 4 is 6.09 Å². The lowest BCUT2D eigenvalue weighted by Crippen LogP contribution is -2.58. The second-order valence-electron chi connectivity index (χ2n) is 5.24. The molecule has 2 aliphatic heterocycles. The number of benzene rings is 1. The standard InChI is InChI=1S/C15H20N2O3/c18-15(20-11-12-4-2-1-3-5-12)17-8-6-13-14(10-17)19-9-7-16-13/h1-5,13-14,16H,6-11H2/t13?,14-/m1/s1. The van der Waals surface area contributed by atoms with Crippen molar-refractivity contribution in [1.82, 2.24) is 10.2 Å². The first kappa shape index (κ1) is 13.4. The Morgan fingerprint density at radius 1 is 1.40 bits per heavy atom. The first-order valence-electron chi connectivity index (χ1n) is 7.13. The smallest absolute Gasteiger partial charge is 0.410 e. The topological polar surface area (TPSA) is 50.8 Å². The highest BCUT2D eigenvalue weighted by Gasteiger charge is 2.34. The molecule has 108 valence electrons. The van der Waals surface area contributed by atoms with Crippen molar-refractivity contribution < 1.29 is 14.3 Å². The molecule has 3 rings (SSSR count). The fourth-order valence-electron chi connectivity index (χ4n) is 2.75. The molecule has 2 aliphatic rings. The number of carbonyl (C=O) groups excluding carboxylic acids is 1. The van der Waals surface area contributed by atoms with Gasteiger partial charge in [-0.2, -0.15) is 0 Å². The summed E-state index contributed by atoms with van der Waals surface area (Å²) >= 11 is 0. The van der Waals surface area contributed by atoms with E-state index in [4.69, 9.17) is 9.47 Å². The van der Waals surface area contributed by atoms with E-state index in [1.54, 1.807) is 4.90 Å². The monoisotopic (exact) mass is 276 g/mol. The van der Waals surface area contributed by atoms with E-state index in [0.29, 0.717) is 25.8 Å². The molecule has 0 aliphatic carbocycles. The summed E-state index contributed by atoms with van der Waals surface area (Å²) in [6.07, 6.45) is 0.772. The lowest BCUT2D eigenvalue weighted by molar-refractivity contribution is -0.0456. The fourth-order valence-corrected chi connectivity index (χ4v) is 2.75. The van der Waals surface area contributed by atoms with Gasteiger partial charge >= 0.3 is 6.09 Å². The van der Waals surface area contributed by atoms with Gasteiger partial charge in [-0.25, -0.2) is 4.79 Å². The van der Waals surface area contributed by atoms with E-state index in [-0.39, 0.29) is 12.2 Å². The molecule has 2 atom stereocenters. The second-order valence-corrected chi connectivity index (χ2v) is 5.24. The second kappa shape index (κ2) is 6.24. The molecule has 2 saturated heterocycles. The van der Waals surface area contributed by atoms with Gasteiger partial charge in [0.25, 0.3) is 0 Å². The predicted molar refractivity (Wildman–Crippen MR) is 74.3 cm³/mol. The van der Waals surface area contributed by atoms with Gasteiger partial charge in [-0.05, 0) is 12.0 Å². The maximum absolute atomic E-state index is 12.1. The van der Waals surface area contributed by atoms with Crippen molar-refractivity contribution in [3.8, 4) is 0 Å². The number of nitrogens with one attached hydrogen (secondary N) is 1. The van der Waals surface area contributed by atoms with Gasteiger partial charge in [-0.3, -0.25) is 0 Å². The van der Waals surface area contributed by atoms with Crippen LogP contribution in [-0.4, -0.2) is 49.4 Å². The number of fused-ring (bicyclic) bond motifs is 1. The van der Waals surface area contributed by atoms with Crippen LogP contribution in [0.25, 0.3) is 0 Å². The largest absolute Gasteiger partial charge is 0.445 e. The number of nitrogens with zero attached hydrogens (tertiary/aromatic N) is 1. The third-order valence-corrected chi connectivity index (χ3v) is 3.86. The molecule has 0 radical (unpaired) electrons. The third kappa shape index (κ3) is 3.11. The summed E-state index contributed by atoms with van der Waals surface area (Å²) in [5.74, 6) is 0. The Labute approximate surface area is 118 Å². The third-order valence-electron chi connectivity index (χ3n) is 3.86. The van der Waals surface area contributed by atoms with Gasteiger partial charge in [-0.1, -0.05) is 30.3 Å². The Kier molecular flexibility index (Phi) is 4.18. The van der Waals surface area contributed by atoms with Crippen LogP contribution in [0.1, 0.15) is 12.0 Å². The van der Waals surface area contributed by atoms with Gasteiger partial charge in [0, 0.05) is 19.1 Å². The van der Waals surface area contributed by atoms with E-state index in [1.165, 1.54) is 0 Å². The molecule has 20 heavy (non-hydrogen) atoms. The average molecular weight is 276 g/mol. The summed E-state index contributed by atoms with van der Waals surface area (Å²) in [5, 5.41) is 3.43. The molecule has 5 heteroatoms. The first-order chi connectivity index (χ1) is 9.83. The van der Waals surface area contributed by atoms with Crippen molar-refractivity contribution in [2.24, 2.45) is 0 Å². The van der Waals surface area contributed by atoms with Gasteiger partial charge in [-0.15, -0.1) is 0 Å². The average Bonchev–Trinajstić information content (AvgIpc) is 2.53. The molecule has 1 amide bonds. The molecular formula is C15H20N2O3. The van der Waals surface area contributed by atoms with E-state index < -0.39 is 0 Å². The zero-order valence-corrected chi connectivity index (χ0v) is 11.5. The van der Waals surface area contributed by atoms with Gasteiger partial charge in [0.15, 0.2) is 0 Å². The number of rotatable bonds is 2. The lowest BCUT2D eigenvalue weighted by Gasteiger charge is -2.40. The van der Waals surface area contributed by atoms with Gasteiger partial charge in [0.05, 0.1) is 19.3 Å². The zero-order chi connectivity index (χ0) is 13.8. The molecule has 1 unspecified atom stereocenters. The first-order valence-corrected chi connectivity index (χ1v) is 7.13. The number of amides is 1. The van der Waals surface area contributed by atoms with E-state index in [9.17, 15) is 4.79 Å². The number of ether oxygens (including phenoxy) is 2. The van der Waals surface area contributed by atoms with Crippen LogP contribution in [0, 0.1) is 0 Å². The molecule has 0 bridgehead atoms. The van der Waals surface area contributed by atoms with Crippen molar-refractivity contribution in [2.45, 2.75) is 25.2 Å². The van der Waals surface area contributed by atoms with Gasteiger partial charge < -0.3 is 19.7 Å². The van der Waals surface area contributed by atoms with E-state index in [2.05, 4.69) is 5.32 Å². The molecular weight excluding hydrogens is 256 g/mol. The van der Waals surface area contributed by atoms with Crippen LogP contribution in [0.15, 0.2) is 30.3 Å². The van der Waals surface area contributed by atoms with Crippen LogP contribution in [0.3, 0.4) is 0 Å². The van der Waals surface area contributed by atoms with Gasteiger partial charge in [0.2, 0.25) is 0 Å². The number of hydrogen-bond donors (Lipinski definition) is 1. The molecule has 1 N–H and O–H groups in total. The minimum absolute atomic E-state index is 0.0989. The van der Waals surface area contributed by atoms with Crippen molar-refractivity contribution in [1.29, 1.82) is 0 Å². The van der Waals surface area contributed by atoms with Crippen molar-refractivity contribution in [3.63, 3.8) is 0 Å². The number of likely N-dealkylation sites (tertiary alicyclic amines) is 1. The Bertz CT molecular complexity index is 452. The molecule has 5 nitrogen and oxygen atoms in total. The molecule has 0 saturated carbocycles. The molecule has 2 heterocycles. The Morgan fingerprint density at radius 3 is 3.10 bits per heavy atom. The lowest BCUT2D eigenvalue weighted by atomic mass is 10.0. The highest BCUT2D eigenvalue weighted by molar-refractivity contribution is 5.67. The Balaban J connectivity index is 1.50. The van der Waals surface area contributed by atoms with Crippen molar-refractivity contribution in [2.75, 3.05) is 26.2 Å². The van der Waals surface area contributed by atoms with Crippen LogP contribution in [0.4, 0.5) is 4.79 Å². The zero-order valence-electron chi connectivity index (χ0n) is 11.5. The fraction of sp³-hybridized carbons (Fsp3) is 0.533. The molecule has 1 aromatic carbocycles. The summed E-state index contributed by atoms with van der Waals surface area (Å²) in [5.41, 5.74) is 1.01. The Morgan fingerprint density at radius 2 is 2.25 bits per heavy atom. The van der Waals surface area contributed by atoms with Crippen molar-refractivity contribution in [3.05, 3.63) is 35.9 Å². The minimum Gasteiger partial charge on any atom is -0.445 e. The molecule has 1 aromatic rings. The highest BCUT2D eigenvalue weighted by Crippen LogP contribution is 2.17. The predicted octanol–water partition coefficient (Wildman–Crippen LogP) is 1.39. The normalized spacial score (nSPS) is 25.9. The maximum atomic E-state index is 12.1. The summed E-state index contributed by atoms with van der Waals surface area (Å²) in [6.45, 7) is 3.29. The van der Waals surface area contributed by atoms with Gasteiger partial charge in [0.1, 0.15) is 6.61 Å². The summed E-state index contributed by atoms with van der Waals surface area (Å²) < 4.78 is 11.1. The quantitative estimate of drug-likeness (QED) is 0.887. The number of hydrogen-bond acceptors (Lipinski definition) is 4. The van der Waals surface area contributed by atoms with E-state index in [0.717, 1.165) is 25.1 Å². The molecule has 2 fully saturated rings. The number of piperidine rings is 1. The van der Waals surface area contributed by atoms with Crippen LogP contribution < -0.4 is 5.32 Å².